The van der Waals surface area contributed by atoms with Gasteiger partial charge < -0.3 is 20.2 Å². The number of amides is 2. The first-order valence-corrected chi connectivity index (χ1v) is 13.6. The van der Waals surface area contributed by atoms with E-state index in [1.54, 1.807) is 16.8 Å². The summed E-state index contributed by atoms with van der Waals surface area (Å²) >= 11 is 6.66. The van der Waals surface area contributed by atoms with Gasteiger partial charge in [-0.05, 0) is 35.4 Å². The number of phenols is 1. The lowest BCUT2D eigenvalue weighted by atomic mass is 9.96. The van der Waals surface area contributed by atoms with Crippen LogP contribution in [-0.2, 0) is 0 Å². The molecule has 0 radical (unpaired) electrons. The standard InChI is InChI=1S/C31H30ClN5O2/c1-35-16-17-37(31(35)39)28-11-10-22(18-26(28)32)24-8-5-9-25(30(24)38)23-19-27(21-6-3-2-4-7-21)34-29(20-23)36-14-12-33-13-15-36/h2-11,18-20,33,38H,12-17H2,1H3. The van der Waals surface area contributed by atoms with Crippen LogP contribution in [0.1, 0.15) is 0 Å². The molecule has 2 amide bonds. The van der Waals surface area contributed by atoms with Gasteiger partial charge in [-0.1, -0.05) is 66.2 Å². The first kappa shape index (κ1) is 25.2. The normalized spacial score (nSPS) is 15.7. The number of para-hydroxylation sites is 1. The van der Waals surface area contributed by atoms with Crippen LogP contribution in [0.5, 0.6) is 5.75 Å². The van der Waals surface area contributed by atoms with E-state index in [4.69, 9.17) is 16.6 Å². The molecule has 0 unspecified atom stereocenters. The summed E-state index contributed by atoms with van der Waals surface area (Å²) < 4.78 is 0. The molecule has 1 aromatic heterocycles. The van der Waals surface area contributed by atoms with Crippen LogP contribution in [0.3, 0.4) is 0 Å². The molecule has 6 rings (SSSR count). The third-order valence-corrected chi connectivity index (χ3v) is 7.74. The van der Waals surface area contributed by atoms with E-state index in [1.165, 1.54) is 0 Å². The molecule has 2 aliphatic rings. The molecule has 3 aromatic carbocycles. The summed E-state index contributed by atoms with van der Waals surface area (Å²) in [5.41, 5.74) is 5.63. The summed E-state index contributed by atoms with van der Waals surface area (Å²) in [7, 11) is 1.78. The molecular formula is C31H30ClN5O2. The minimum atomic E-state index is -0.0679. The Bertz CT molecular complexity index is 1520. The number of halogens is 1. The van der Waals surface area contributed by atoms with E-state index in [0.29, 0.717) is 29.4 Å². The molecule has 2 N–H and O–H groups in total. The van der Waals surface area contributed by atoms with E-state index in [1.807, 2.05) is 60.7 Å². The first-order chi connectivity index (χ1) is 19.0. The van der Waals surface area contributed by atoms with Crippen molar-refractivity contribution in [3.63, 3.8) is 0 Å². The van der Waals surface area contributed by atoms with Crippen LogP contribution in [0.15, 0.2) is 78.9 Å². The molecule has 2 aliphatic heterocycles. The summed E-state index contributed by atoms with van der Waals surface area (Å²) in [5, 5.41) is 15.4. The van der Waals surface area contributed by atoms with Crippen LogP contribution in [-0.4, -0.2) is 67.3 Å². The third kappa shape index (κ3) is 4.91. The van der Waals surface area contributed by atoms with Crippen LogP contribution in [0.25, 0.3) is 33.5 Å². The summed E-state index contributed by atoms with van der Waals surface area (Å²) in [6.45, 7) is 4.81. The lowest BCUT2D eigenvalue weighted by molar-refractivity contribution is 0.229. The Morgan fingerprint density at radius 2 is 1.56 bits per heavy atom. The third-order valence-electron chi connectivity index (χ3n) is 7.44. The first-order valence-electron chi connectivity index (χ1n) is 13.2. The number of nitrogens with one attached hydrogen (secondary N) is 1. The van der Waals surface area contributed by atoms with Gasteiger partial charge >= 0.3 is 6.03 Å². The van der Waals surface area contributed by atoms with Gasteiger partial charge in [0.15, 0.2) is 0 Å². The predicted octanol–water partition coefficient (Wildman–Crippen LogP) is 5.72. The maximum Gasteiger partial charge on any atom is 0.324 e. The van der Waals surface area contributed by atoms with Gasteiger partial charge in [-0.25, -0.2) is 9.78 Å². The molecule has 0 spiro atoms. The molecule has 2 saturated heterocycles. The van der Waals surface area contributed by atoms with E-state index in [-0.39, 0.29) is 11.8 Å². The van der Waals surface area contributed by atoms with Crippen molar-refractivity contribution in [3.05, 3.63) is 83.9 Å². The highest BCUT2D eigenvalue weighted by Gasteiger charge is 2.28. The molecular weight excluding hydrogens is 510 g/mol. The Hall–Kier alpha value is -4.07. The van der Waals surface area contributed by atoms with Crippen molar-refractivity contribution in [1.82, 2.24) is 15.2 Å². The van der Waals surface area contributed by atoms with Crippen LogP contribution < -0.4 is 15.1 Å². The maximum absolute atomic E-state index is 12.5. The average molecular weight is 540 g/mol. The zero-order chi connectivity index (χ0) is 26.9. The number of nitrogens with zero attached hydrogens (tertiary/aromatic N) is 4. The van der Waals surface area contributed by atoms with Crippen LogP contribution in [0, 0.1) is 0 Å². The van der Waals surface area contributed by atoms with Crippen molar-refractivity contribution >= 4 is 29.1 Å². The number of anilines is 2. The molecule has 0 atom stereocenters. The van der Waals surface area contributed by atoms with E-state index in [0.717, 1.165) is 59.9 Å². The van der Waals surface area contributed by atoms with E-state index < -0.39 is 0 Å². The minimum Gasteiger partial charge on any atom is -0.507 e. The molecule has 2 fully saturated rings. The lowest BCUT2D eigenvalue weighted by Crippen LogP contribution is -2.43. The number of aromatic hydroxyl groups is 1. The highest BCUT2D eigenvalue weighted by molar-refractivity contribution is 6.34. The monoisotopic (exact) mass is 539 g/mol. The van der Waals surface area contributed by atoms with E-state index in [2.05, 4.69) is 28.4 Å². The summed E-state index contributed by atoms with van der Waals surface area (Å²) in [5.74, 6) is 1.07. The molecule has 0 bridgehead atoms. The number of benzene rings is 3. The average Bonchev–Trinajstić information content (AvgIpc) is 3.31. The van der Waals surface area contributed by atoms with Crippen molar-refractivity contribution in [2.45, 2.75) is 0 Å². The molecule has 0 saturated carbocycles. The largest absolute Gasteiger partial charge is 0.507 e. The molecule has 0 aliphatic carbocycles. The number of urea groups is 1. The smallest absolute Gasteiger partial charge is 0.324 e. The molecule has 4 aromatic rings. The summed E-state index contributed by atoms with van der Waals surface area (Å²) in [6.07, 6.45) is 0. The van der Waals surface area contributed by atoms with Gasteiger partial charge in [-0.15, -0.1) is 0 Å². The number of phenolic OH excluding ortho intramolecular Hbond substituents is 1. The fraction of sp³-hybridized carbons (Fsp3) is 0.226. The maximum atomic E-state index is 12.5. The Labute approximate surface area is 233 Å². The molecule has 39 heavy (non-hydrogen) atoms. The second-order valence-electron chi connectivity index (χ2n) is 9.93. The second kappa shape index (κ2) is 10.6. The van der Waals surface area contributed by atoms with Crippen LogP contribution >= 0.6 is 11.6 Å². The number of carbonyl (C=O) groups excluding carboxylic acids is 1. The number of piperazine rings is 1. The van der Waals surface area contributed by atoms with Crippen molar-refractivity contribution in [2.24, 2.45) is 0 Å². The van der Waals surface area contributed by atoms with Gasteiger partial charge in [0.1, 0.15) is 11.6 Å². The lowest BCUT2D eigenvalue weighted by Gasteiger charge is -2.29. The van der Waals surface area contributed by atoms with Gasteiger partial charge in [-0.2, -0.15) is 0 Å². The second-order valence-corrected chi connectivity index (χ2v) is 10.3. The molecule has 7 nitrogen and oxygen atoms in total. The molecule has 3 heterocycles. The highest BCUT2D eigenvalue weighted by Crippen LogP contribution is 2.42. The van der Waals surface area contributed by atoms with Crippen molar-refractivity contribution < 1.29 is 9.90 Å². The summed E-state index contributed by atoms with van der Waals surface area (Å²) in [4.78, 5) is 23.1. The van der Waals surface area contributed by atoms with Gasteiger partial charge in [0.25, 0.3) is 0 Å². The van der Waals surface area contributed by atoms with Gasteiger partial charge in [0.05, 0.1) is 16.4 Å². The van der Waals surface area contributed by atoms with Crippen molar-refractivity contribution in [1.29, 1.82) is 0 Å². The Kier molecular flexibility index (Phi) is 6.85. The summed E-state index contributed by atoms with van der Waals surface area (Å²) in [6, 6.07) is 25.5. The number of rotatable bonds is 5. The zero-order valence-corrected chi connectivity index (χ0v) is 22.5. The molecule has 198 valence electrons. The SMILES string of the molecule is CN1CCN(c2ccc(-c3cccc(-c4cc(-c5ccccc5)nc(N5CCNCC5)c4)c3O)cc2Cl)C1=O. The minimum absolute atomic E-state index is 0.0679. The number of carbonyl (C=O) groups is 1. The quantitative estimate of drug-likeness (QED) is 0.339. The number of hydrogen-bond donors (Lipinski definition) is 2. The van der Waals surface area contributed by atoms with Gasteiger partial charge in [-0.3, -0.25) is 4.90 Å². The predicted molar refractivity (Wildman–Crippen MR) is 158 cm³/mol. The van der Waals surface area contributed by atoms with Crippen LogP contribution in [0.2, 0.25) is 5.02 Å². The van der Waals surface area contributed by atoms with E-state index >= 15 is 0 Å². The number of likely N-dealkylation sites (N-methyl/N-ethyl adjacent to an activating group) is 1. The van der Waals surface area contributed by atoms with E-state index in [9.17, 15) is 9.90 Å². The Morgan fingerprint density at radius 3 is 2.26 bits per heavy atom. The van der Waals surface area contributed by atoms with Gasteiger partial charge in [0.2, 0.25) is 0 Å². The van der Waals surface area contributed by atoms with Gasteiger partial charge in [0, 0.05) is 63.0 Å². The Morgan fingerprint density at radius 1 is 0.821 bits per heavy atom. The fourth-order valence-corrected chi connectivity index (χ4v) is 5.54. The van der Waals surface area contributed by atoms with Crippen molar-refractivity contribution in [2.75, 3.05) is 56.1 Å². The number of aromatic nitrogens is 1. The zero-order valence-electron chi connectivity index (χ0n) is 21.8. The number of pyridine rings is 1. The molecule has 8 heteroatoms. The number of hydrogen-bond acceptors (Lipinski definition) is 5. The Balaban J connectivity index is 1.41. The topological polar surface area (TPSA) is 71.9 Å². The van der Waals surface area contributed by atoms with Crippen molar-refractivity contribution in [3.8, 4) is 39.3 Å². The highest BCUT2D eigenvalue weighted by atomic mass is 35.5. The fourth-order valence-electron chi connectivity index (χ4n) is 5.26. The van der Waals surface area contributed by atoms with Crippen LogP contribution in [0.4, 0.5) is 16.3 Å².